The third-order valence-electron chi connectivity index (χ3n) is 1.78. The van der Waals surface area contributed by atoms with E-state index < -0.39 is 23.2 Å². The number of methoxy groups -OCH3 is 1. The Hall–Kier alpha value is -0.970. The van der Waals surface area contributed by atoms with Gasteiger partial charge < -0.3 is 4.74 Å². The van der Waals surface area contributed by atoms with Crippen molar-refractivity contribution in [1.29, 1.82) is 0 Å². The van der Waals surface area contributed by atoms with Crippen LogP contribution in [0, 0.1) is 18.6 Å². The highest BCUT2D eigenvalue weighted by Crippen LogP contribution is 2.25. The van der Waals surface area contributed by atoms with Gasteiger partial charge in [-0.3, -0.25) is 0 Å². The molecular formula is C9H7BrF2O2. The van der Waals surface area contributed by atoms with Crippen LogP contribution in [0.25, 0.3) is 0 Å². The van der Waals surface area contributed by atoms with Gasteiger partial charge in [-0.2, -0.15) is 0 Å². The predicted octanol–water partition coefficient (Wildman–Crippen LogP) is 2.82. The van der Waals surface area contributed by atoms with Gasteiger partial charge in [-0.25, -0.2) is 13.6 Å². The van der Waals surface area contributed by atoms with Crippen molar-refractivity contribution in [3.8, 4) is 0 Å². The zero-order valence-corrected chi connectivity index (χ0v) is 9.11. The minimum atomic E-state index is -0.892. The van der Waals surface area contributed by atoms with Crippen LogP contribution in [0.1, 0.15) is 15.9 Å². The molecule has 0 radical (unpaired) electrons. The van der Waals surface area contributed by atoms with Crippen molar-refractivity contribution in [1.82, 2.24) is 0 Å². The molecule has 1 aromatic rings. The van der Waals surface area contributed by atoms with Crippen LogP contribution >= 0.6 is 15.9 Å². The molecule has 14 heavy (non-hydrogen) atoms. The normalized spacial score (nSPS) is 10.1. The predicted molar refractivity (Wildman–Crippen MR) is 50.1 cm³/mol. The highest BCUT2D eigenvalue weighted by molar-refractivity contribution is 9.10. The summed E-state index contributed by atoms with van der Waals surface area (Å²) in [4.78, 5) is 11.0. The van der Waals surface area contributed by atoms with Gasteiger partial charge in [0.1, 0.15) is 11.6 Å². The Kier molecular flexibility index (Phi) is 3.21. The summed E-state index contributed by atoms with van der Waals surface area (Å²) in [5.74, 6) is -2.36. The fraction of sp³-hybridized carbons (Fsp3) is 0.222. The van der Waals surface area contributed by atoms with E-state index in [2.05, 4.69) is 20.7 Å². The summed E-state index contributed by atoms with van der Waals surface area (Å²) in [7, 11) is 1.11. The van der Waals surface area contributed by atoms with E-state index in [0.29, 0.717) is 0 Å². The number of carbonyl (C=O) groups excluding carboxylic acids is 1. The lowest BCUT2D eigenvalue weighted by Gasteiger charge is -2.06. The average Bonchev–Trinajstić information content (AvgIpc) is 2.19. The number of ether oxygens (including phenoxy) is 1. The summed E-state index contributed by atoms with van der Waals surface area (Å²) in [5, 5.41) is 0. The van der Waals surface area contributed by atoms with Gasteiger partial charge in [0.25, 0.3) is 0 Å². The van der Waals surface area contributed by atoms with E-state index in [1.807, 2.05) is 0 Å². The number of benzene rings is 1. The molecule has 5 heteroatoms. The first kappa shape index (κ1) is 11.1. The molecule has 0 fully saturated rings. The van der Waals surface area contributed by atoms with Gasteiger partial charge in [-0.05, 0) is 28.9 Å². The van der Waals surface area contributed by atoms with Crippen LogP contribution in [0.5, 0.6) is 0 Å². The molecule has 0 aliphatic rings. The molecule has 0 unspecified atom stereocenters. The Balaban J connectivity index is 3.40. The van der Waals surface area contributed by atoms with Crippen molar-refractivity contribution in [2.45, 2.75) is 6.92 Å². The van der Waals surface area contributed by atoms with Crippen LogP contribution in [0.2, 0.25) is 0 Å². The SMILES string of the molecule is COC(=O)c1cc(F)c(Br)c(C)c1F. The summed E-state index contributed by atoms with van der Waals surface area (Å²) in [6, 6.07) is 0.804. The standard InChI is InChI=1S/C9H7BrF2O2/c1-4-7(10)6(11)3-5(8(4)12)9(13)14-2/h3H,1-2H3. The maximum atomic E-state index is 13.4. The monoisotopic (exact) mass is 264 g/mol. The number of hydrogen-bond acceptors (Lipinski definition) is 2. The third kappa shape index (κ3) is 1.77. The molecule has 1 aromatic carbocycles. The van der Waals surface area contributed by atoms with Gasteiger partial charge in [-0.15, -0.1) is 0 Å². The van der Waals surface area contributed by atoms with Crippen molar-refractivity contribution in [2.24, 2.45) is 0 Å². The summed E-state index contributed by atoms with van der Waals surface area (Å²) in [5.41, 5.74) is -0.351. The minimum absolute atomic E-state index is 0.0163. The van der Waals surface area contributed by atoms with Crippen molar-refractivity contribution in [3.05, 3.63) is 33.3 Å². The first-order valence-electron chi connectivity index (χ1n) is 3.71. The van der Waals surface area contributed by atoms with E-state index in [1.54, 1.807) is 0 Å². The molecule has 0 saturated heterocycles. The molecule has 0 bridgehead atoms. The molecule has 0 spiro atoms. The fourth-order valence-electron chi connectivity index (χ4n) is 0.989. The van der Waals surface area contributed by atoms with E-state index in [1.165, 1.54) is 6.92 Å². The van der Waals surface area contributed by atoms with E-state index >= 15 is 0 Å². The van der Waals surface area contributed by atoms with Gasteiger partial charge in [-0.1, -0.05) is 0 Å². The lowest BCUT2D eigenvalue weighted by molar-refractivity contribution is 0.0594. The van der Waals surface area contributed by atoms with Gasteiger partial charge in [0.2, 0.25) is 0 Å². The Morgan fingerprint density at radius 2 is 2.07 bits per heavy atom. The Bertz CT molecular complexity index is 391. The van der Waals surface area contributed by atoms with E-state index in [0.717, 1.165) is 13.2 Å². The van der Waals surface area contributed by atoms with Gasteiger partial charge in [0.15, 0.2) is 0 Å². The topological polar surface area (TPSA) is 26.3 Å². The number of halogens is 3. The number of carbonyl (C=O) groups is 1. The summed E-state index contributed by atoms with van der Waals surface area (Å²) in [6.45, 7) is 1.37. The second kappa shape index (κ2) is 4.04. The quantitative estimate of drug-likeness (QED) is 0.576. The molecular weight excluding hydrogens is 258 g/mol. The van der Waals surface area contributed by atoms with Crippen molar-refractivity contribution < 1.29 is 18.3 Å². The Morgan fingerprint density at radius 3 is 2.57 bits per heavy atom. The molecule has 0 heterocycles. The molecule has 0 amide bonds. The van der Waals surface area contributed by atoms with Crippen molar-refractivity contribution in [3.63, 3.8) is 0 Å². The van der Waals surface area contributed by atoms with Crippen molar-refractivity contribution in [2.75, 3.05) is 7.11 Å². The zero-order chi connectivity index (χ0) is 10.9. The fourth-order valence-corrected chi connectivity index (χ4v) is 1.28. The van der Waals surface area contributed by atoms with Crippen LogP contribution in [-0.4, -0.2) is 13.1 Å². The molecule has 2 nitrogen and oxygen atoms in total. The lowest BCUT2D eigenvalue weighted by Crippen LogP contribution is -2.07. The smallest absolute Gasteiger partial charge is 0.340 e. The highest BCUT2D eigenvalue weighted by Gasteiger charge is 2.19. The molecule has 0 saturated carbocycles. The second-order valence-electron chi connectivity index (χ2n) is 2.65. The van der Waals surface area contributed by atoms with Crippen LogP contribution in [-0.2, 0) is 4.74 Å². The molecule has 0 atom stereocenters. The van der Waals surface area contributed by atoms with Gasteiger partial charge in [0, 0.05) is 5.56 Å². The van der Waals surface area contributed by atoms with Gasteiger partial charge in [0.05, 0.1) is 17.1 Å². The lowest BCUT2D eigenvalue weighted by atomic mass is 10.1. The zero-order valence-electron chi connectivity index (χ0n) is 7.53. The van der Waals surface area contributed by atoms with Gasteiger partial charge >= 0.3 is 5.97 Å². The highest BCUT2D eigenvalue weighted by atomic mass is 79.9. The average molecular weight is 265 g/mol. The van der Waals surface area contributed by atoms with E-state index in [-0.39, 0.29) is 10.0 Å². The molecule has 0 aliphatic carbocycles. The first-order valence-corrected chi connectivity index (χ1v) is 4.50. The molecule has 1 rings (SSSR count). The van der Waals surface area contributed by atoms with Crippen LogP contribution in [0.3, 0.4) is 0 Å². The maximum Gasteiger partial charge on any atom is 0.340 e. The molecule has 76 valence electrons. The minimum Gasteiger partial charge on any atom is -0.465 e. The maximum absolute atomic E-state index is 13.4. The summed E-state index contributed by atoms with van der Waals surface area (Å²) in [6.07, 6.45) is 0. The van der Waals surface area contributed by atoms with Crippen LogP contribution in [0.15, 0.2) is 10.5 Å². The number of rotatable bonds is 1. The molecule has 0 aliphatic heterocycles. The number of esters is 1. The number of hydrogen-bond donors (Lipinski definition) is 0. The molecule has 0 N–H and O–H groups in total. The Labute approximate surface area is 88.0 Å². The molecule has 0 aromatic heterocycles. The largest absolute Gasteiger partial charge is 0.465 e. The van der Waals surface area contributed by atoms with E-state index in [4.69, 9.17) is 0 Å². The first-order chi connectivity index (χ1) is 6.49. The summed E-state index contributed by atoms with van der Waals surface area (Å²) >= 11 is 2.87. The Morgan fingerprint density at radius 1 is 1.50 bits per heavy atom. The second-order valence-corrected chi connectivity index (χ2v) is 3.44. The van der Waals surface area contributed by atoms with Crippen LogP contribution in [0.4, 0.5) is 8.78 Å². The third-order valence-corrected chi connectivity index (χ3v) is 2.75. The summed E-state index contributed by atoms with van der Waals surface area (Å²) < 4.78 is 30.8. The van der Waals surface area contributed by atoms with Crippen LogP contribution < -0.4 is 0 Å². The van der Waals surface area contributed by atoms with E-state index in [9.17, 15) is 13.6 Å². The van der Waals surface area contributed by atoms with Crippen molar-refractivity contribution >= 4 is 21.9 Å².